The summed E-state index contributed by atoms with van der Waals surface area (Å²) in [6, 6.07) is 11.8. The Balaban J connectivity index is 1.41. The molecule has 7 heteroatoms. The van der Waals surface area contributed by atoms with Gasteiger partial charge in [0, 0.05) is 37.1 Å². The number of rotatable bonds is 4. The molecule has 3 aromatic rings. The zero-order valence-corrected chi connectivity index (χ0v) is 15.0. The third kappa shape index (κ3) is 3.72. The Labute approximate surface area is 155 Å². The highest BCUT2D eigenvalue weighted by atomic mass is 32.1. The van der Waals surface area contributed by atoms with Gasteiger partial charge < -0.3 is 10.2 Å². The number of anilines is 1. The maximum Gasteiger partial charge on any atom is 0.263 e. The predicted octanol–water partition coefficient (Wildman–Crippen LogP) is 3.00. The van der Waals surface area contributed by atoms with Gasteiger partial charge in [-0.05, 0) is 18.9 Å². The van der Waals surface area contributed by atoms with Crippen molar-refractivity contribution in [2.45, 2.75) is 18.9 Å². The molecule has 0 unspecified atom stereocenters. The van der Waals surface area contributed by atoms with Gasteiger partial charge in [-0.25, -0.2) is 15.0 Å². The molecule has 1 fully saturated rings. The van der Waals surface area contributed by atoms with Gasteiger partial charge in [0.25, 0.3) is 5.91 Å². The molecule has 0 spiro atoms. The highest BCUT2D eigenvalue weighted by molar-refractivity contribution is 7.16. The van der Waals surface area contributed by atoms with Crippen LogP contribution >= 0.6 is 11.3 Å². The van der Waals surface area contributed by atoms with Crippen molar-refractivity contribution in [1.29, 1.82) is 0 Å². The zero-order valence-electron chi connectivity index (χ0n) is 14.2. The minimum absolute atomic E-state index is 0.0643. The van der Waals surface area contributed by atoms with E-state index in [-0.39, 0.29) is 11.9 Å². The van der Waals surface area contributed by atoms with E-state index in [1.54, 1.807) is 24.7 Å². The van der Waals surface area contributed by atoms with Gasteiger partial charge in [0.05, 0.1) is 6.20 Å². The summed E-state index contributed by atoms with van der Waals surface area (Å²) in [5, 5.41) is 3.99. The second-order valence-electron chi connectivity index (χ2n) is 6.20. The first-order valence-electron chi connectivity index (χ1n) is 8.64. The average molecular weight is 365 g/mol. The topological polar surface area (TPSA) is 71.0 Å². The molecule has 4 rings (SSSR count). The van der Waals surface area contributed by atoms with Crippen molar-refractivity contribution in [3.05, 3.63) is 59.9 Å². The van der Waals surface area contributed by atoms with Crippen molar-refractivity contribution in [2.75, 3.05) is 18.0 Å². The zero-order chi connectivity index (χ0) is 17.8. The van der Waals surface area contributed by atoms with Crippen LogP contribution < -0.4 is 10.2 Å². The number of nitrogens with zero attached hydrogens (tertiary/aromatic N) is 4. The minimum Gasteiger partial charge on any atom is -0.347 e. The van der Waals surface area contributed by atoms with E-state index in [9.17, 15) is 4.79 Å². The van der Waals surface area contributed by atoms with Gasteiger partial charge in [-0.1, -0.05) is 30.3 Å². The normalized spacial score (nSPS) is 17.1. The number of benzene rings is 1. The smallest absolute Gasteiger partial charge is 0.263 e. The molecule has 0 bridgehead atoms. The van der Waals surface area contributed by atoms with E-state index < -0.39 is 0 Å². The molecular formula is C19H19N5OS. The highest BCUT2D eigenvalue weighted by Gasteiger charge is 2.24. The lowest BCUT2D eigenvalue weighted by molar-refractivity contribution is 0.0937. The van der Waals surface area contributed by atoms with Gasteiger partial charge >= 0.3 is 0 Å². The third-order valence-electron chi connectivity index (χ3n) is 4.34. The quantitative estimate of drug-likeness (QED) is 0.770. The van der Waals surface area contributed by atoms with Crippen molar-refractivity contribution in [1.82, 2.24) is 20.3 Å². The van der Waals surface area contributed by atoms with Crippen LogP contribution in [0.4, 0.5) is 5.95 Å². The molecule has 26 heavy (non-hydrogen) atoms. The Bertz CT molecular complexity index is 868. The van der Waals surface area contributed by atoms with Crippen LogP contribution in [0.2, 0.25) is 0 Å². The fourth-order valence-electron chi connectivity index (χ4n) is 3.08. The van der Waals surface area contributed by atoms with Crippen molar-refractivity contribution in [3.8, 4) is 10.6 Å². The summed E-state index contributed by atoms with van der Waals surface area (Å²) in [6.07, 6.45) is 7.10. The molecule has 3 heterocycles. The second kappa shape index (κ2) is 7.61. The summed E-state index contributed by atoms with van der Waals surface area (Å²) >= 11 is 1.42. The summed E-state index contributed by atoms with van der Waals surface area (Å²) in [5.41, 5.74) is 1.03. The molecule has 0 saturated carbocycles. The molecule has 0 aliphatic carbocycles. The number of amides is 1. The molecule has 132 valence electrons. The van der Waals surface area contributed by atoms with Crippen LogP contribution in [0.15, 0.2) is 55.0 Å². The summed E-state index contributed by atoms with van der Waals surface area (Å²) in [4.78, 5) is 28.4. The van der Waals surface area contributed by atoms with E-state index in [1.165, 1.54) is 11.3 Å². The molecule has 1 atom stereocenters. The molecule has 1 amide bonds. The van der Waals surface area contributed by atoms with E-state index in [1.807, 2.05) is 30.3 Å². The Kier molecular flexibility index (Phi) is 4.88. The number of thiazole rings is 1. The minimum atomic E-state index is -0.0643. The van der Waals surface area contributed by atoms with Gasteiger partial charge in [0.1, 0.15) is 9.88 Å². The Morgan fingerprint density at radius 2 is 1.92 bits per heavy atom. The molecule has 1 aromatic carbocycles. The molecule has 1 saturated heterocycles. The fraction of sp³-hybridized carbons (Fsp3) is 0.263. The van der Waals surface area contributed by atoms with Crippen LogP contribution in [0, 0.1) is 0 Å². The largest absolute Gasteiger partial charge is 0.347 e. The monoisotopic (exact) mass is 365 g/mol. The SMILES string of the molecule is O=C(N[C@@H]1CCCN(c2ncccn2)C1)c1cnc(-c2ccccc2)s1. The van der Waals surface area contributed by atoms with Crippen LogP contribution in [-0.2, 0) is 0 Å². The van der Waals surface area contributed by atoms with Crippen molar-refractivity contribution >= 4 is 23.2 Å². The average Bonchev–Trinajstić information content (AvgIpc) is 3.20. The number of nitrogens with one attached hydrogen (secondary N) is 1. The molecule has 1 N–H and O–H groups in total. The van der Waals surface area contributed by atoms with Crippen LogP contribution in [0.3, 0.4) is 0 Å². The summed E-state index contributed by atoms with van der Waals surface area (Å²) in [7, 11) is 0. The number of piperidine rings is 1. The van der Waals surface area contributed by atoms with Gasteiger partial charge in [-0.3, -0.25) is 4.79 Å². The number of hydrogen-bond acceptors (Lipinski definition) is 6. The maximum absolute atomic E-state index is 12.6. The van der Waals surface area contributed by atoms with Crippen LogP contribution in [0.5, 0.6) is 0 Å². The van der Waals surface area contributed by atoms with Crippen LogP contribution in [0.25, 0.3) is 10.6 Å². The molecule has 2 aromatic heterocycles. The van der Waals surface area contributed by atoms with Gasteiger partial charge in [-0.15, -0.1) is 11.3 Å². The van der Waals surface area contributed by atoms with E-state index in [4.69, 9.17) is 0 Å². The predicted molar refractivity (Wildman–Crippen MR) is 102 cm³/mol. The van der Waals surface area contributed by atoms with Crippen LogP contribution in [0.1, 0.15) is 22.5 Å². The molecule has 6 nitrogen and oxygen atoms in total. The Hall–Kier alpha value is -2.80. The lowest BCUT2D eigenvalue weighted by atomic mass is 10.1. The first-order chi connectivity index (χ1) is 12.8. The number of hydrogen-bond donors (Lipinski definition) is 1. The van der Waals surface area contributed by atoms with Gasteiger partial charge in [0.15, 0.2) is 0 Å². The van der Waals surface area contributed by atoms with Crippen molar-refractivity contribution in [2.24, 2.45) is 0 Å². The summed E-state index contributed by atoms with van der Waals surface area (Å²) < 4.78 is 0. The molecule has 0 radical (unpaired) electrons. The van der Waals surface area contributed by atoms with Gasteiger partial charge in [0.2, 0.25) is 5.95 Å². The molecule has 1 aliphatic rings. The number of aromatic nitrogens is 3. The molecule has 1 aliphatic heterocycles. The highest BCUT2D eigenvalue weighted by Crippen LogP contribution is 2.25. The van der Waals surface area contributed by atoms with Crippen LogP contribution in [-0.4, -0.2) is 40.0 Å². The van der Waals surface area contributed by atoms with Crippen molar-refractivity contribution in [3.63, 3.8) is 0 Å². The maximum atomic E-state index is 12.6. The Morgan fingerprint density at radius 1 is 1.12 bits per heavy atom. The number of carbonyl (C=O) groups is 1. The van der Waals surface area contributed by atoms with E-state index >= 15 is 0 Å². The van der Waals surface area contributed by atoms with E-state index in [0.717, 1.165) is 42.5 Å². The fourth-order valence-corrected chi connectivity index (χ4v) is 3.91. The third-order valence-corrected chi connectivity index (χ3v) is 5.39. The first kappa shape index (κ1) is 16.7. The summed E-state index contributed by atoms with van der Waals surface area (Å²) in [5.74, 6) is 0.654. The molecular weight excluding hydrogens is 346 g/mol. The van der Waals surface area contributed by atoms with Crippen molar-refractivity contribution < 1.29 is 4.79 Å². The van der Waals surface area contributed by atoms with Gasteiger partial charge in [-0.2, -0.15) is 0 Å². The lowest BCUT2D eigenvalue weighted by Gasteiger charge is -2.32. The van der Waals surface area contributed by atoms with E-state index in [2.05, 4.69) is 25.2 Å². The lowest BCUT2D eigenvalue weighted by Crippen LogP contribution is -2.48. The Morgan fingerprint density at radius 3 is 2.73 bits per heavy atom. The first-order valence-corrected chi connectivity index (χ1v) is 9.45. The standard InChI is InChI=1S/C19H19N5OS/c25-17(16-12-22-18(26-16)14-6-2-1-3-7-14)23-15-8-4-11-24(13-15)19-20-9-5-10-21-19/h1-3,5-7,9-10,12,15H,4,8,11,13H2,(H,23,25)/t15-/m1/s1. The second-order valence-corrected chi connectivity index (χ2v) is 7.23. The van der Waals surface area contributed by atoms with E-state index in [0.29, 0.717) is 4.88 Å². The summed E-state index contributed by atoms with van der Waals surface area (Å²) in [6.45, 7) is 1.63. The number of carbonyl (C=O) groups excluding carboxylic acids is 1.